The summed E-state index contributed by atoms with van der Waals surface area (Å²) in [7, 11) is 0. The highest BCUT2D eigenvalue weighted by atomic mass is 127. The summed E-state index contributed by atoms with van der Waals surface area (Å²) in [5.74, 6) is -1.50. The van der Waals surface area contributed by atoms with E-state index in [4.69, 9.17) is 5.11 Å². The maximum Gasteiger partial charge on any atom is 0.313 e. The van der Waals surface area contributed by atoms with Crippen molar-refractivity contribution in [1.29, 1.82) is 0 Å². The first-order chi connectivity index (χ1) is 8.02. The maximum absolute atomic E-state index is 11.4. The highest BCUT2D eigenvalue weighted by Crippen LogP contribution is 2.10. The normalized spacial score (nSPS) is 11.7. The number of carbonyl (C=O) groups excluding carboxylic acids is 2. The highest BCUT2D eigenvalue weighted by molar-refractivity contribution is 14.1. The van der Waals surface area contributed by atoms with Crippen LogP contribution in [0.2, 0.25) is 0 Å². The number of aliphatic hydroxyl groups excluding tert-OH is 1. The van der Waals surface area contributed by atoms with Gasteiger partial charge in [-0.25, -0.2) is 0 Å². The van der Waals surface area contributed by atoms with Crippen molar-refractivity contribution < 1.29 is 14.7 Å². The molecule has 17 heavy (non-hydrogen) atoms. The van der Waals surface area contributed by atoms with Crippen molar-refractivity contribution in [3.8, 4) is 0 Å². The Bertz CT molecular complexity index is 406. The van der Waals surface area contributed by atoms with Crippen molar-refractivity contribution in [3.05, 3.63) is 27.8 Å². The first kappa shape index (κ1) is 13.9. The summed E-state index contributed by atoms with van der Waals surface area (Å²) < 4.78 is 1.04. The smallest absolute Gasteiger partial charge is 0.313 e. The van der Waals surface area contributed by atoms with Gasteiger partial charge in [0.25, 0.3) is 0 Å². The molecule has 0 aromatic heterocycles. The predicted octanol–water partition coefficient (Wildman–Crippen LogP) is 0.727. The number of hydrogen-bond acceptors (Lipinski definition) is 3. The van der Waals surface area contributed by atoms with Crippen LogP contribution in [0.3, 0.4) is 0 Å². The van der Waals surface area contributed by atoms with E-state index in [0.29, 0.717) is 5.69 Å². The van der Waals surface area contributed by atoms with Gasteiger partial charge in [0.15, 0.2) is 0 Å². The summed E-state index contributed by atoms with van der Waals surface area (Å²) in [6, 6.07) is 6.63. The molecule has 1 unspecified atom stereocenters. The number of rotatable bonds is 3. The maximum atomic E-state index is 11.4. The molecule has 1 aromatic carbocycles. The SMILES string of the molecule is CC(CO)NC(=O)C(=O)Nc1ccc(I)cc1. The Hall–Kier alpha value is -1.15. The Morgan fingerprint density at radius 3 is 2.41 bits per heavy atom. The molecule has 92 valence electrons. The summed E-state index contributed by atoms with van der Waals surface area (Å²) in [4.78, 5) is 22.8. The molecular formula is C11H13IN2O3. The zero-order chi connectivity index (χ0) is 12.8. The first-order valence-corrected chi connectivity index (χ1v) is 6.09. The van der Waals surface area contributed by atoms with Crippen molar-refractivity contribution in [1.82, 2.24) is 5.32 Å². The molecule has 2 amide bonds. The summed E-state index contributed by atoms with van der Waals surface area (Å²) in [5, 5.41) is 13.6. The first-order valence-electron chi connectivity index (χ1n) is 5.01. The molecule has 5 nitrogen and oxygen atoms in total. The van der Waals surface area contributed by atoms with Crippen LogP contribution in [0.15, 0.2) is 24.3 Å². The highest BCUT2D eigenvalue weighted by Gasteiger charge is 2.15. The lowest BCUT2D eigenvalue weighted by Gasteiger charge is -2.10. The molecule has 3 N–H and O–H groups in total. The molecule has 0 spiro atoms. The minimum atomic E-state index is -0.759. The van der Waals surface area contributed by atoms with Gasteiger partial charge >= 0.3 is 11.8 Å². The van der Waals surface area contributed by atoms with Gasteiger partial charge in [-0.3, -0.25) is 9.59 Å². The molecule has 1 rings (SSSR count). The van der Waals surface area contributed by atoms with Crippen LogP contribution in [0.4, 0.5) is 5.69 Å². The molecule has 0 heterocycles. The molecule has 0 aliphatic rings. The third kappa shape index (κ3) is 4.70. The van der Waals surface area contributed by atoms with Crippen LogP contribution < -0.4 is 10.6 Å². The predicted molar refractivity (Wildman–Crippen MR) is 72.5 cm³/mol. The fourth-order valence-corrected chi connectivity index (χ4v) is 1.42. The topological polar surface area (TPSA) is 78.4 Å². The van der Waals surface area contributed by atoms with Crippen LogP contribution in [0, 0.1) is 3.57 Å². The van der Waals surface area contributed by atoms with Crippen LogP contribution in [0.25, 0.3) is 0 Å². The molecular weight excluding hydrogens is 335 g/mol. The summed E-state index contributed by atoms with van der Waals surface area (Å²) in [6.07, 6.45) is 0. The standard InChI is InChI=1S/C11H13IN2O3/c1-7(6-15)13-10(16)11(17)14-9-4-2-8(12)3-5-9/h2-5,7,15H,6H2,1H3,(H,13,16)(H,14,17). The minimum absolute atomic E-state index is 0.206. The molecule has 0 bridgehead atoms. The number of hydrogen-bond donors (Lipinski definition) is 3. The second-order valence-electron chi connectivity index (χ2n) is 3.52. The second-order valence-corrected chi connectivity index (χ2v) is 4.76. The molecule has 0 aliphatic carbocycles. The van der Waals surface area contributed by atoms with E-state index in [2.05, 4.69) is 33.2 Å². The third-order valence-corrected chi connectivity index (χ3v) is 2.68. The Labute approximate surface area is 113 Å². The monoisotopic (exact) mass is 348 g/mol. The van der Waals surface area contributed by atoms with E-state index in [0.717, 1.165) is 3.57 Å². The van der Waals surface area contributed by atoms with Gasteiger partial charge in [0.1, 0.15) is 0 Å². The Morgan fingerprint density at radius 2 is 1.88 bits per heavy atom. The van der Waals surface area contributed by atoms with Crippen molar-refractivity contribution >= 4 is 40.1 Å². The lowest BCUT2D eigenvalue weighted by Crippen LogP contribution is -2.42. The number of halogens is 1. The Kier molecular flexibility index (Phi) is 5.36. The summed E-state index contributed by atoms with van der Waals surface area (Å²) in [5.41, 5.74) is 0.558. The van der Waals surface area contributed by atoms with E-state index < -0.39 is 17.9 Å². The van der Waals surface area contributed by atoms with Crippen LogP contribution in [-0.2, 0) is 9.59 Å². The van der Waals surface area contributed by atoms with E-state index in [1.165, 1.54) is 0 Å². The number of nitrogens with one attached hydrogen (secondary N) is 2. The zero-order valence-electron chi connectivity index (χ0n) is 9.24. The van der Waals surface area contributed by atoms with Gasteiger partial charge < -0.3 is 15.7 Å². The van der Waals surface area contributed by atoms with E-state index >= 15 is 0 Å². The van der Waals surface area contributed by atoms with Gasteiger partial charge in [0.05, 0.1) is 6.61 Å². The van der Waals surface area contributed by atoms with Gasteiger partial charge in [0, 0.05) is 15.3 Å². The van der Waals surface area contributed by atoms with Gasteiger partial charge in [-0.2, -0.15) is 0 Å². The van der Waals surface area contributed by atoms with E-state index in [1.54, 1.807) is 19.1 Å². The van der Waals surface area contributed by atoms with Crippen molar-refractivity contribution in [2.45, 2.75) is 13.0 Å². The molecule has 0 aliphatic heterocycles. The molecule has 6 heteroatoms. The fraction of sp³-hybridized carbons (Fsp3) is 0.273. The minimum Gasteiger partial charge on any atom is -0.394 e. The van der Waals surface area contributed by atoms with E-state index in [1.807, 2.05) is 12.1 Å². The number of benzene rings is 1. The van der Waals surface area contributed by atoms with Crippen LogP contribution in [0.5, 0.6) is 0 Å². The quantitative estimate of drug-likeness (QED) is 0.557. The molecule has 0 radical (unpaired) electrons. The number of carbonyl (C=O) groups is 2. The Morgan fingerprint density at radius 1 is 1.29 bits per heavy atom. The zero-order valence-corrected chi connectivity index (χ0v) is 11.4. The van der Waals surface area contributed by atoms with Gasteiger partial charge in [-0.1, -0.05) is 0 Å². The van der Waals surface area contributed by atoms with Crippen molar-refractivity contribution in [2.24, 2.45) is 0 Å². The largest absolute Gasteiger partial charge is 0.394 e. The van der Waals surface area contributed by atoms with Crippen LogP contribution in [0.1, 0.15) is 6.92 Å². The number of amides is 2. The van der Waals surface area contributed by atoms with E-state index in [-0.39, 0.29) is 6.61 Å². The number of aliphatic hydroxyl groups is 1. The van der Waals surface area contributed by atoms with Gasteiger partial charge in [-0.05, 0) is 53.8 Å². The van der Waals surface area contributed by atoms with Crippen molar-refractivity contribution in [2.75, 3.05) is 11.9 Å². The Balaban J connectivity index is 2.54. The number of anilines is 1. The molecule has 0 saturated heterocycles. The fourth-order valence-electron chi connectivity index (χ4n) is 1.06. The third-order valence-electron chi connectivity index (χ3n) is 1.96. The lowest BCUT2D eigenvalue weighted by atomic mass is 10.3. The summed E-state index contributed by atoms with van der Waals surface area (Å²) in [6.45, 7) is 1.40. The van der Waals surface area contributed by atoms with E-state index in [9.17, 15) is 9.59 Å². The van der Waals surface area contributed by atoms with Crippen molar-refractivity contribution in [3.63, 3.8) is 0 Å². The van der Waals surface area contributed by atoms with Crippen LogP contribution in [-0.4, -0.2) is 29.6 Å². The molecule has 1 atom stereocenters. The summed E-state index contributed by atoms with van der Waals surface area (Å²) >= 11 is 2.14. The molecule has 0 saturated carbocycles. The second kappa shape index (κ2) is 6.55. The van der Waals surface area contributed by atoms with Crippen LogP contribution >= 0.6 is 22.6 Å². The molecule has 1 aromatic rings. The van der Waals surface area contributed by atoms with Gasteiger partial charge in [0.2, 0.25) is 0 Å². The molecule has 0 fully saturated rings. The average Bonchev–Trinajstić information content (AvgIpc) is 2.31. The average molecular weight is 348 g/mol. The lowest BCUT2D eigenvalue weighted by molar-refractivity contribution is -0.136. The van der Waals surface area contributed by atoms with Gasteiger partial charge in [-0.15, -0.1) is 0 Å².